The Hall–Kier alpha value is -0.700. The summed E-state index contributed by atoms with van der Waals surface area (Å²) < 4.78 is 0. The van der Waals surface area contributed by atoms with Gasteiger partial charge in [-0.25, -0.2) is 0 Å². The smallest absolute Gasteiger partial charge is 0.182 e. The molecule has 0 spiro atoms. The minimum absolute atomic E-state index is 0.000718. The highest BCUT2D eigenvalue weighted by Crippen LogP contribution is 2.35. The third-order valence-electron chi connectivity index (χ3n) is 3.71. The van der Waals surface area contributed by atoms with Crippen LogP contribution in [0.5, 0.6) is 0 Å². The van der Waals surface area contributed by atoms with Crippen molar-refractivity contribution < 1.29 is 9.90 Å². The largest absolute Gasteiger partial charge is 0.392 e. The predicted molar refractivity (Wildman–Crippen MR) is 63.6 cm³/mol. The Morgan fingerprint density at radius 3 is 2.69 bits per heavy atom. The van der Waals surface area contributed by atoms with Gasteiger partial charge in [0.05, 0.1) is 11.8 Å². The number of fused-ring (bicyclic) bond motifs is 2. The molecule has 0 aromatic carbocycles. The van der Waals surface area contributed by atoms with E-state index in [-0.39, 0.29) is 23.2 Å². The van der Waals surface area contributed by atoms with Crippen molar-refractivity contribution in [2.45, 2.75) is 46.1 Å². The van der Waals surface area contributed by atoms with Gasteiger partial charge < -0.3 is 5.11 Å². The van der Waals surface area contributed by atoms with E-state index >= 15 is 0 Å². The molecule has 16 heavy (non-hydrogen) atoms. The summed E-state index contributed by atoms with van der Waals surface area (Å²) in [5.74, 6) is 0.695. The van der Waals surface area contributed by atoms with E-state index in [1.165, 1.54) is 0 Å². The molecule has 3 atom stereocenters. The minimum Gasteiger partial charge on any atom is -0.392 e. The fourth-order valence-corrected chi connectivity index (χ4v) is 2.67. The molecule has 1 aliphatic carbocycles. The molecule has 2 bridgehead atoms. The molecule has 3 nitrogen and oxygen atoms in total. The van der Waals surface area contributed by atoms with Gasteiger partial charge in [-0.15, -0.1) is 0 Å². The molecule has 0 aromatic rings. The number of ketones is 1. The van der Waals surface area contributed by atoms with Crippen LogP contribution in [0, 0.1) is 17.3 Å². The Kier molecular flexibility index (Phi) is 2.91. The second-order valence-corrected chi connectivity index (χ2v) is 6.16. The Balaban J connectivity index is 2.24. The number of aliphatic hydroxyl groups excluding tert-OH is 1. The van der Waals surface area contributed by atoms with Gasteiger partial charge in [0.15, 0.2) is 5.78 Å². The van der Waals surface area contributed by atoms with Gasteiger partial charge >= 0.3 is 0 Å². The van der Waals surface area contributed by atoms with E-state index in [0.717, 1.165) is 25.8 Å². The first-order chi connectivity index (χ1) is 7.39. The van der Waals surface area contributed by atoms with E-state index in [1.54, 1.807) is 0 Å². The molecule has 90 valence electrons. The maximum absolute atomic E-state index is 12.2. The number of Topliss-reactive ketones (excluding diaryl/α,β-unsaturated/α-hetero) is 1. The summed E-state index contributed by atoms with van der Waals surface area (Å²) in [7, 11) is 0. The molecule has 3 unspecified atom stereocenters. The predicted octanol–water partition coefficient (Wildman–Crippen LogP) is 1.83. The fourth-order valence-electron chi connectivity index (χ4n) is 2.67. The minimum atomic E-state index is -0.386. The Labute approximate surface area is 97.0 Å². The molecule has 2 aliphatic rings. The van der Waals surface area contributed by atoms with Crippen molar-refractivity contribution in [3.8, 4) is 0 Å². The molecule has 0 saturated heterocycles. The molecule has 2 rings (SSSR count). The number of hydrogen-bond donors (Lipinski definition) is 1. The molecular weight excluding hydrogens is 202 g/mol. The van der Waals surface area contributed by atoms with E-state index in [2.05, 4.69) is 4.99 Å². The molecule has 1 saturated carbocycles. The van der Waals surface area contributed by atoms with E-state index in [4.69, 9.17) is 0 Å². The Bertz CT molecular complexity index is 327. The molecule has 0 radical (unpaired) electrons. The van der Waals surface area contributed by atoms with Gasteiger partial charge in [-0.05, 0) is 25.2 Å². The third kappa shape index (κ3) is 2.05. The summed E-state index contributed by atoms with van der Waals surface area (Å²) in [6, 6.07) is 0. The number of hydrogen-bond acceptors (Lipinski definition) is 3. The van der Waals surface area contributed by atoms with Gasteiger partial charge in [-0.3, -0.25) is 9.79 Å². The van der Waals surface area contributed by atoms with Crippen LogP contribution < -0.4 is 0 Å². The molecule has 1 aliphatic heterocycles. The first kappa shape index (κ1) is 11.8. The summed E-state index contributed by atoms with van der Waals surface area (Å²) in [5, 5.41) is 9.97. The summed E-state index contributed by atoms with van der Waals surface area (Å²) in [5.41, 5.74) is 0.263. The average Bonchev–Trinajstić information content (AvgIpc) is 2.22. The second kappa shape index (κ2) is 3.95. The lowest BCUT2D eigenvalue weighted by atomic mass is 9.71. The number of carbonyl (C=O) groups is 1. The quantitative estimate of drug-likeness (QED) is 0.737. The van der Waals surface area contributed by atoms with Crippen LogP contribution in [0.1, 0.15) is 40.0 Å². The topological polar surface area (TPSA) is 49.7 Å². The van der Waals surface area contributed by atoms with Crippen molar-refractivity contribution >= 4 is 11.5 Å². The number of aliphatic hydroxyl groups is 1. The van der Waals surface area contributed by atoms with Crippen LogP contribution in [-0.4, -0.2) is 29.3 Å². The highest BCUT2D eigenvalue weighted by molar-refractivity contribution is 6.42. The number of carbonyl (C=O) groups excluding carboxylic acids is 1. The maximum Gasteiger partial charge on any atom is 0.182 e. The highest BCUT2D eigenvalue weighted by atomic mass is 16.3. The SMILES string of the molecule is CC(C)(C)C(=O)C1=NCC2CCC(O)C1C2. The lowest BCUT2D eigenvalue weighted by Crippen LogP contribution is -2.45. The maximum atomic E-state index is 12.2. The van der Waals surface area contributed by atoms with E-state index < -0.39 is 0 Å². The summed E-state index contributed by atoms with van der Waals surface area (Å²) >= 11 is 0. The van der Waals surface area contributed by atoms with Gasteiger partial charge in [-0.2, -0.15) is 0 Å². The molecule has 1 fully saturated rings. The van der Waals surface area contributed by atoms with Crippen molar-refractivity contribution in [1.82, 2.24) is 0 Å². The fraction of sp³-hybridized carbons (Fsp3) is 0.846. The lowest BCUT2D eigenvalue weighted by Gasteiger charge is -2.38. The van der Waals surface area contributed by atoms with Crippen molar-refractivity contribution in [2.24, 2.45) is 22.2 Å². The number of rotatable bonds is 1. The summed E-state index contributed by atoms with van der Waals surface area (Å²) in [6.45, 7) is 6.53. The van der Waals surface area contributed by atoms with Crippen molar-refractivity contribution in [1.29, 1.82) is 0 Å². The normalized spacial score (nSPS) is 34.5. The average molecular weight is 223 g/mol. The zero-order valence-corrected chi connectivity index (χ0v) is 10.4. The van der Waals surface area contributed by atoms with Gasteiger partial charge in [0, 0.05) is 17.9 Å². The van der Waals surface area contributed by atoms with Crippen LogP contribution in [0.3, 0.4) is 0 Å². The number of nitrogens with zero attached hydrogens (tertiary/aromatic N) is 1. The van der Waals surface area contributed by atoms with Crippen LogP contribution in [0.4, 0.5) is 0 Å². The molecule has 1 N–H and O–H groups in total. The molecule has 1 heterocycles. The van der Waals surface area contributed by atoms with Crippen molar-refractivity contribution in [3.63, 3.8) is 0 Å². The van der Waals surface area contributed by atoms with Crippen LogP contribution in [0.15, 0.2) is 4.99 Å². The first-order valence-corrected chi connectivity index (χ1v) is 6.17. The highest BCUT2D eigenvalue weighted by Gasteiger charge is 2.40. The molecule has 0 aromatic heterocycles. The van der Waals surface area contributed by atoms with Crippen molar-refractivity contribution in [2.75, 3.05) is 6.54 Å². The zero-order valence-electron chi connectivity index (χ0n) is 10.4. The third-order valence-corrected chi connectivity index (χ3v) is 3.71. The lowest BCUT2D eigenvalue weighted by molar-refractivity contribution is -0.120. The summed E-state index contributed by atoms with van der Waals surface area (Å²) in [4.78, 5) is 16.7. The van der Waals surface area contributed by atoms with Crippen LogP contribution in [0.25, 0.3) is 0 Å². The van der Waals surface area contributed by atoms with Gasteiger partial charge in [0.25, 0.3) is 0 Å². The van der Waals surface area contributed by atoms with Crippen LogP contribution in [0.2, 0.25) is 0 Å². The summed E-state index contributed by atoms with van der Waals surface area (Å²) in [6.07, 6.45) is 2.47. The van der Waals surface area contributed by atoms with Gasteiger partial charge in [-0.1, -0.05) is 20.8 Å². The first-order valence-electron chi connectivity index (χ1n) is 6.17. The molecule has 0 amide bonds. The van der Waals surface area contributed by atoms with E-state index in [0.29, 0.717) is 11.6 Å². The Morgan fingerprint density at radius 2 is 2.06 bits per heavy atom. The monoisotopic (exact) mass is 223 g/mol. The van der Waals surface area contributed by atoms with Gasteiger partial charge in [0.1, 0.15) is 0 Å². The standard InChI is InChI=1S/C13H21NO2/c1-13(2,3)12(16)11-9-6-8(7-14-11)4-5-10(9)15/h8-10,15H,4-7H2,1-3H3. The zero-order chi connectivity index (χ0) is 11.9. The number of aliphatic imine (C=N–C) groups is 1. The molecular formula is C13H21NO2. The van der Waals surface area contributed by atoms with Crippen LogP contribution in [-0.2, 0) is 4.79 Å². The van der Waals surface area contributed by atoms with Crippen molar-refractivity contribution in [3.05, 3.63) is 0 Å². The van der Waals surface area contributed by atoms with E-state index in [9.17, 15) is 9.90 Å². The molecule has 3 heteroatoms. The van der Waals surface area contributed by atoms with E-state index in [1.807, 2.05) is 20.8 Å². The Morgan fingerprint density at radius 1 is 1.38 bits per heavy atom. The second-order valence-electron chi connectivity index (χ2n) is 6.16. The van der Waals surface area contributed by atoms with Gasteiger partial charge in [0.2, 0.25) is 0 Å². The van der Waals surface area contributed by atoms with Crippen LogP contribution >= 0.6 is 0 Å².